The van der Waals surface area contributed by atoms with Gasteiger partial charge in [-0.1, -0.05) is 5.16 Å². The zero-order valence-corrected chi connectivity index (χ0v) is 21.5. The van der Waals surface area contributed by atoms with Gasteiger partial charge in [0.05, 0.1) is 5.92 Å². The summed E-state index contributed by atoms with van der Waals surface area (Å²) in [7, 11) is 0. The topological polar surface area (TPSA) is 118 Å². The predicted molar refractivity (Wildman–Crippen MR) is 132 cm³/mol. The molecule has 1 aromatic carbocycles. The molecule has 2 aliphatic rings. The van der Waals surface area contributed by atoms with E-state index in [1.807, 2.05) is 20.8 Å². The first kappa shape index (κ1) is 25.7. The van der Waals surface area contributed by atoms with Crippen molar-refractivity contribution >= 4 is 17.9 Å². The summed E-state index contributed by atoms with van der Waals surface area (Å²) in [6.45, 7) is 9.29. The number of ether oxygens (including phenoxy) is 1. The number of hydrogen-bond donors (Lipinski definition) is 1. The number of rotatable bonds is 4. The molecule has 0 bridgehead atoms. The van der Waals surface area contributed by atoms with Crippen molar-refractivity contribution in [1.29, 1.82) is 0 Å². The Hall–Kier alpha value is -3.43. The van der Waals surface area contributed by atoms with Gasteiger partial charge in [0.1, 0.15) is 5.60 Å². The first-order valence-corrected chi connectivity index (χ1v) is 12.6. The lowest BCUT2D eigenvalue weighted by molar-refractivity contribution is -0.127. The molecule has 3 heterocycles. The molecule has 10 nitrogen and oxygen atoms in total. The van der Waals surface area contributed by atoms with Crippen molar-refractivity contribution in [3.63, 3.8) is 0 Å². The normalized spacial score (nSPS) is 20.7. The summed E-state index contributed by atoms with van der Waals surface area (Å²) in [6, 6.07) is 6.98. The van der Waals surface area contributed by atoms with Crippen LogP contribution in [0.5, 0.6) is 0 Å². The Balaban J connectivity index is 1.31. The average molecular weight is 498 g/mol. The molecular weight excluding hydrogens is 462 g/mol. The van der Waals surface area contributed by atoms with Crippen LogP contribution in [0.15, 0.2) is 28.8 Å². The van der Waals surface area contributed by atoms with Crippen molar-refractivity contribution in [2.75, 3.05) is 26.2 Å². The summed E-state index contributed by atoms with van der Waals surface area (Å²) in [5.41, 5.74) is 0.752. The van der Waals surface area contributed by atoms with Gasteiger partial charge >= 0.3 is 6.09 Å². The quantitative estimate of drug-likeness (QED) is 0.688. The van der Waals surface area contributed by atoms with Crippen LogP contribution < -0.4 is 5.32 Å². The predicted octanol–water partition coefficient (Wildman–Crippen LogP) is 3.41. The highest BCUT2D eigenvalue weighted by Gasteiger charge is 2.33. The van der Waals surface area contributed by atoms with E-state index < -0.39 is 5.60 Å². The molecule has 2 saturated heterocycles. The largest absolute Gasteiger partial charge is 0.444 e. The van der Waals surface area contributed by atoms with E-state index in [1.54, 1.807) is 41.0 Å². The minimum Gasteiger partial charge on any atom is -0.444 e. The number of amides is 3. The molecule has 0 saturated carbocycles. The second-order valence-electron chi connectivity index (χ2n) is 10.6. The fourth-order valence-corrected chi connectivity index (χ4v) is 4.63. The Morgan fingerprint density at radius 1 is 1.03 bits per heavy atom. The highest BCUT2D eigenvalue weighted by Crippen LogP contribution is 2.22. The van der Waals surface area contributed by atoms with Crippen LogP contribution in [0.1, 0.15) is 62.6 Å². The summed E-state index contributed by atoms with van der Waals surface area (Å²) in [5.74, 6) is 0.550. The molecule has 36 heavy (non-hydrogen) atoms. The molecule has 194 valence electrons. The van der Waals surface area contributed by atoms with E-state index in [0.717, 1.165) is 31.2 Å². The maximum atomic E-state index is 13.1. The maximum Gasteiger partial charge on any atom is 0.410 e. The Kier molecular flexibility index (Phi) is 7.61. The first-order valence-electron chi connectivity index (χ1n) is 12.6. The van der Waals surface area contributed by atoms with E-state index in [9.17, 15) is 14.4 Å². The molecule has 4 rings (SSSR count). The molecule has 2 fully saturated rings. The van der Waals surface area contributed by atoms with Gasteiger partial charge in [0, 0.05) is 43.3 Å². The molecule has 1 aromatic heterocycles. The third-order valence-corrected chi connectivity index (χ3v) is 6.41. The molecule has 2 atom stereocenters. The molecular formula is C26H35N5O5. The zero-order valence-electron chi connectivity index (χ0n) is 21.5. The second kappa shape index (κ2) is 10.7. The summed E-state index contributed by atoms with van der Waals surface area (Å²) < 4.78 is 10.7. The summed E-state index contributed by atoms with van der Waals surface area (Å²) >= 11 is 0. The van der Waals surface area contributed by atoms with Crippen LogP contribution in [0.3, 0.4) is 0 Å². The van der Waals surface area contributed by atoms with E-state index in [-0.39, 0.29) is 29.9 Å². The van der Waals surface area contributed by atoms with Gasteiger partial charge in [-0.3, -0.25) is 9.59 Å². The van der Waals surface area contributed by atoms with E-state index in [0.29, 0.717) is 43.5 Å². The van der Waals surface area contributed by atoms with E-state index in [1.165, 1.54) is 0 Å². The summed E-state index contributed by atoms with van der Waals surface area (Å²) in [5, 5.41) is 6.92. The average Bonchev–Trinajstić information content (AvgIpc) is 3.29. The molecule has 2 aliphatic heterocycles. The second-order valence-corrected chi connectivity index (χ2v) is 10.6. The molecule has 0 radical (unpaired) electrons. The smallest absolute Gasteiger partial charge is 0.410 e. The summed E-state index contributed by atoms with van der Waals surface area (Å²) in [6.07, 6.45) is 2.73. The van der Waals surface area contributed by atoms with Crippen LogP contribution in [-0.2, 0) is 9.53 Å². The molecule has 3 amide bonds. The SMILES string of the molecule is Cc1noc(-c2ccc(C(=O)N3CCCC(NC(=O)C4CCCN(C(=O)OC(C)(C)C)C4)C3)cc2)n1. The van der Waals surface area contributed by atoms with Gasteiger partial charge in [-0.25, -0.2) is 4.79 Å². The zero-order chi connectivity index (χ0) is 25.9. The molecule has 2 aromatic rings. The van der Waals surface area contributed by atoms with Crippen molar-refractivity contribution in [2.24, 2.45) is 5.92 Å². The summed E-state index contributed by atoms with van der Waals surface area (Å²) in [4.78, 5) is 46.2. The molecule has 2 unspecified atom stereocenters. The van der Waals surface area contributed by atoms with Crippen LogP contribution in [0, 0.1) is 12.8 Å². The van der Waals surface area contributed by atoms with Crippen molar-refractivity contribution in [2.45, 2.75) is 65.0 Å². The van der Waals surface area contributed by atoms with E-state index in [4.69, 9.17) is 9.26 Å². The lowest BCUT2D eigenvalue weighted by atomic mass is 9.96. The van der Waals surface area contributed by atoms with Crippen molar-refractivity contribution < 1.29 is 23.6 Å². The third kappa shape index (κ3) is 6.41. The Morgan fingerprint density at radius 2 is 1.72 bits per heavy atom. The van der Waals surface area contributed by atoms with Crippen LogP contribution in [0.4, 0.5) is 4.79 Å². The van der Waals surface area contributed by atoms with Crippen LogP contribution in [0.2, 0.25) is 0 Å². The van der Waals surface area contributed by atoms with Gasteiger partial charge in [0.15, 0.2) is 5.82 Å². The Labute approximate surface area is 211 Å². The van der Waals surface area contributed by atoms with Gasteiger partial charge in [0.2, 0.25) is 5.91 Å². The minimum atomic E-state index is -0.573. The van der Waals surface area contributed by atoms with Crippen LogP contribution in [-0.4, -0.2) is 75.7 Å². The number of likely N-dealkylation sites (tertiary alicyclic amines) is 2. The monoisotopic (exact) mass is 497 g/mol. The van der Waals surface area contributed by atoms with Crippen molar-refractivity contribution in [3.8, 4) is 11.5 Å². The molecule has 0 spiro atoms. The first-order chi connectivity index (χ1) is 17.1. The van der Waals surface area contributed by atoms with Gasteiger partial charge in [-0.2, -0.15) is 4.98 Å². The Morgan fingerprint density at radius 3 is 2.39 bits per heavy atom. The van der Waals surface area contributed by atoms with Crippen molar-refractivity contribution in [1.82, 2.24) is 25.3 Å². The number of carbonyl (C=O) groups excluding carboxylic acids is 3. The number of hydrogen-bond acceptors (Lipinski definition) is 7. The van der Waals surface area contributed by atoms with Crippen molar-refractivity contribution in [3.05, 3.63) is 35.7 Å². The van der Waals surface area contributed by atoms with E-state index in [2.05, 4.69) is 15.5 Å². The van der Waals surface area contributed by atoms with Crippen LogP contribution in [0.25, 0.3) is 11.5 Å². The number of aromatic nitrogens is 2. The lowest BCUT2D eigenvalue weighted by Gasteiger charge is -2.36. The highest BCUT2D eigenvalue weighted by atomic mass is 16.6. The molecule has 10 heteroatoms. The third-order valence-electron chi connectivity index (χ3n) is 6.41. The maximum absolute atomic E-state index is 13.1. The van der Waals surface area contributed by atoms with Gasteiger partial charge < -0.3 is 24.4 Å². The number of nitrogens with zero attached hydrogens (tertiary/aromatic N) is 4. The van der Waals surface area contributed by atoms with Crippen LogP contribution >= 0.6 is 0 Å². The lowest BCUT2D eigenvalue weighted by Crippen LogP contribution is -2.53. The van der Waals surface area contributed by atoms with E-state index >= 15 is 0 Å². The minimum absolute atomic E-state index is 0.0678. The number of carbonyl (C=O) groups is 3. The number of piperidine rings is 2. The number of nitrogens with one attached hydrogen (secondary N) is 1. The molecule has 1 N–H and O–H groups in total. The Bertz CT molecular complexity index is 1090. The standard InChI is InChI=1S/C26H35N5O5/c1-17-27-23(36-29-17)18-9-11-19(12-10-18)24(33)30-13-6-8-21(16-30)28-22(32)20-7-5-14-31(15-20)25(34)35-26(2,3)4/h9-12,20-21H,5-8,13-16H2,1-4H3,(H,28,32). The fourth-order valence-electron chi connectivity index (χ4n) is 4.63. The molecule has 0 aliphatic carbocycles. The van der Waals surface area contributed by atoms with Gasteiger partial charge in [-0.15, -0.1) is 0 Å². The number of aryl methyl sites for hydroxylation is 1. The number of benzene rings is 1. The highest BCUT2D eigenvalue weighted by molar-refractivity contribution is 5.94. The van der Waals surface area contributed by atoms with Gasteiger partial charge in [-0.05, 0) is 77.6 Å². The van der Waals surface area contributed by atoms with Gasteiger partial charge in [0.25, 0.3) is 11.8 Å². The fraction of sp³-hybridized carbons (Fsp3) is 0.577.